The number of hydrogen-bond donors (Lipinski definition) is 2. The molecule has 0 aliphatic rings. The van der Waals surface area contributed by atoms with Gasteiger partial charge in [0, 0.05) is 0 Å². The normalized spacial score (nSPS) is 10.6. The summed E-state index contributed by atoms with van der Waals surface area (Å²) in [5.74, 6) is 0.949. The molecule has 2 aromatic heterocycles. The number of nitrogens with zero attached hydrogens (tertiary/aromatic N) is 4. The number of nitrogens with two attached hydrogens (primary N) is 1. The summed E-state index contributed by atoms with van der Waals surface area (Å²) in [5, 5.41) is 15.4. The molecule has 0 saturated heterocycles. The van der Waals surface area contributed by atoms with Crippen LogP contribution >= 0.6 is 34.7 Å². The molecule has 2 aromatic rings. The van der Waals surface area contributed by atoms with Crippen molar-refractivity contribution in [2.45, 2.75) is 10.9 Å². The van der Waals surface area contributed by atoms with Gasteiger partial charge in [-0.1, -0.05) is 23.1 Å². The van der Waals surface area contributed by atoms with Crippen molar-refractivity contribution in [1.29, 1.82) is 0 Å². The Labute approximate surface area is 92.3 Å². The molecule has 2 rings (SSSR count). The fraction of sp³-hybridized carbons (Fsp3) is 0.200. The zero-order chi connectivity index (χ0) is 9.97. The van der Waals surface area contributed by atoms with Crippen molar-refractivity contribution in [3.63, 3.8) is 0 Å². The highest BCUT2D eigenvalue weighted by Gasteiger charge is 2.05. The minimum Gasteiger partial charge on any atom is -0.368 e. The summed E-state index contributed by atoms with van der Waals surface area (Å²) < 4.78 is 0.440. The predicted molar refractivity (Wildman–Crippen MR) is 55.3 cm³/mol. The first-order valence-electron chi connectivity index (χ1n) is 3.52. The van der Waals surface area contributed by atoms with E-state index in [0.29, 0.717) is 21.3 Å². The van der Waals surface area contributed by atoms with Crippen molar-refractivity contribution in [3.8, 4) is 0 Å². The number of halogens is 1. The number of H-pyrrole nitrogens is 1. The van der Waals surface area contributed by atoms with Crippen LogP contribution < -0.4 is 5.73 Å². The van der Waals surface area contributed by atoms with E-state index in [2.05, 4.69) is 25.4 Å². The van der Waals surface area contributed by atoms with Gasteiger partial charge in [-0.25, -0.2) is 5.10 Å². The summed E-state index contributed by atoms with van der Waals surface area (Å²) in [6.07, 6.45) is 0. The first kappa shape index (κ1) is 9.69. The smallest absolute Gasteiger partial charge is 0.216 e. The maximum atomic E-state index is 5.62. The predicted octanol–water partition coefficient (Wildman–Crippen LogP) is 1.18. The number of anilines is 1. The van der Waals surface area contributed by atoms with Crippen LogP contribution in [0, 0.1) is 0 Å². The second-order valence-electron chi connectivity index (χ2n) is 2.24. The Balaban J connectivity index is 1.94. The average Bonchev–Trinajstić information content (AvgIpc) is 2.72. The van der Waals surface area contributed by atoms with Gasteiger partial charge < -0.3 is 5.73 Å². The molecular formula is C5H5ClN6S2. The lowest BCUT2D eigenvalue weighted by Gasteiger charge is -1.88. The molecular weight excluding hydrogens is 244 g/mol. The molecule has 0 saturated carbocycles. The molecule has 3 N–H and O–H groups in total. The van der Waals surface area contributed by atoms with Crippen LogP contribution in [0.5, 0.6) is 0 Å². The molecule has 0 atom stereocenters. The average molecular weight is 249 g/mol. The Hall–Kier alpha value is -0.860. The topological polar surface area (TPSA) is 93.4 Å². The highest BCUT2D eigenvalue weighted by Crippen LogP contribution is 2.23. The second-order valence-corrected chi connectivity index (χ2v) is 4.83. The molecule has 0 amide bonds. The van der Waals surface area contributed by atoms with Crippen LogP contribution in [0.4, 0.5) is 5.95 Å². The van der Waals surface area contributed by atoms with E-state index >= 15 is 0 Å². The largest absolute Gasteiger partial charge is 0.368 e. The standard InChI is InChI=1S/C5H5ClN6S2/c6-3-10-9-2(14-3)1-13-5-8-4(7)11-12-5/h1H2,(H3,7,8,11,12). The minimum atomic E-state index is 0.308. The molecule has 0 aromatic carbocycles. The van der Waals surface area contributed by atoms with Crippen molar-refractivity contribution < 1.29 is 0 Å². The van der Waals surface area contributed by atoms with Crippen LogP contribution in [0.25, 0.3) is 0 Å². The summed E-state index contributed by atoms with van der Waals surface area (Å²) in [6.45, 7) is 0. The number of thioether (sulfide) groups is 1. The summed E-state index contributed by atoms with van der Waals surface area (Å²) in [7, 11) is 0. The molecule has 6 nitrogen and oxygen atoms in total. The summed E-state index contributed by atoms with van der Waals surface area (Å²) in [5.41, 5.74) is 5.36. The van der Waals surface area contributed by atoms with Gasteiger partial charge in [0.1, 0.15) is 5.01 Å². The molecule has 0 spiro atoms. The van der Waals surface area contributed by atoms with E-state index in [1.807, 2.05) is 0 Å². The minimum absolute atomic E-state index is 0.308. The first-order chi connectivity index (χ1) is 6.74. The van der Waals surface area contributed by atoms with Gasteiger partial charge in [0.15, 0.2) is 0 Å². The third-order valence-electron chi connectivity index (χ3n) is 1.25. The van der Waals surface area contributed by atoms with Gasteiger partial charge in [0.05, 0.1) is 5.75 Å². The van der Waals surface area contributed by atoms with Crippen LogP contribution in [0.15, 0.2) is 5.16 Å². The molecule has 9 heteroatoms. The number of hydrogen-bond acceptors (Lipinski definition) is 7. The Morgan fingerprint density at radius 3 is 2.93 bits per heavy atom. The van der Waals surface area contributed by atoms with Gasteiger partial charge in [-0.2, -0.15) is 4.98 Å². The molecule has 0 aliphatic heterocycles. The number of nitrogen functional groups attached to an aromatic ring is 1. The van der Waals surface area contributed by atoms with Crippen molar-refractivity contribution >= 4 is 40.6 Å². The molecule has 0 unspecified atom stereocenters. The number of aromatic amines is 1. The molecule has 0 aliphatic carbocycles. The monoisotopic (exact) mass is 248 g/mol. The van der Waals surface area contributed by atoms with Crippen LogP contribution in [0.3, 0.4) is 0 Å². The van der Waals surface area contributed by atoms with Crippen molar-refractivity contribution in [1.82, 2.24) is 25.4 Å². The molecule has 0 bridgehead atoms. The summed E-state index contributed by atoms with van der Waals surface area (Å²) >= 11 is 8.39. The lowest BCUT2D eigenvalue weighted by atomic mass is 10.9. The van der Waals surface area contributed by atoms with Gasteiger partial charge >= 0.3 is 0 Å². The summed E-state index contributed by atoms with van der Waals surface area (Å²) in [6, 6.07) is 0. The van der Waals surface area contributed by atoms with Gasteiger partial charge in [-0.05, 0) is 11.6 Å². The van der Waals surface area contributed by atoms with E-state index in [1.165, 1.54) is 23.1 Å². The zero-order valence-corrected chi connectivity index (χ0v) is 9.16. The fourth-order valence-corrected chi connectivity index (χ4v) is 2.40. The van der Waals surface area contributed by atoms with Crippen LogP contribution in [-0.2, 0) is 5.75 Å². The van der Waals surface area contributed by atoms with E-state index in [0.717, 1.165) is 5.01 Å². The lowest BCUT2D eigenvalue weighted by molar-refractivity contribution is 0.970. The third-order valence-corrected chi connectivity index (χ3v) is 3.31. The number of nitrogens with one attached hydrogen (secondary N) is 1. The zero-order valence-electron chi connectivity index (χ0n) is 6.77. The summed E-state index contributed by atoms with van der Waals surface area (Å²) in [4.78, 5) is 3.93. The third kappa shape index (κ3) is 2.34. The highest BCUT2D eigenvalue weighted by molar-refractivity contribution is 7.98. The first-order valence-corrected chi connectivity index (χ1v) is 5.70. The maximum Gasteiger partial charge on any atom is 0.216 e. The van der Waals surface area contributed by atoms with Crippen LogP contribution in [-0.4, -0.2) is 25.4 Å². The van der Waals surface area contributed by atoms with Gasteiger partial charge in [-0.15, -0.1) is 15.3 Å². The van der Waals surface area contributed by atoms with Crippen LogP contribution in [0.1, 0.15) is 5.01 Å². The Kier molecular flexibility index (Phi) is 2.85. The Bertz CT molecular complexity index is 385. The van der Waals surface area contributed by atoms with Crippen molar-refractivity contribution in [2.24, 2.45) is 0 Å². The van der Waals surface area contributed by atoms with Crippen LogP contribution in [0.2, 0.25) is 4.47 Å². The number of aromatic nitrogens is 5. The SMILES string of the molecule is Nc1nc(SCc2nnc(Cl)s2)n[nH]1. The van der Waals surface area contributed by atoms with E-state index in [9.17, 15) is 0 Å². The second kappa shape index (κ2) is 4.11. The highest BCUT2D eigenvalue weighted by atomic mass is 35.5. The molecule has 2 heterocycles. The van der Waals surface area contributed by atoms with E-state index in [4.69, 9.17) is 17.3 Å². The van der Waals surface area contributed by atoms with E-state index in [-0.39, 0.29) is 0 Å². The maximum absolute atomic E-state index is 5.62. The molecule has 0 radical (unpaired) electrons. The lowest BCUT2D eigenvalue weighted by Crippen LogP contribution is -1.85. The molecule has 14 heavy (non-hydrogen) atoms. The van der Waals surface area contributed by atoms with E-state index < -0.39 is 0 Å². The van der Waals surface area contributed by atoms with E-state index in [1.54, 1.807) is 0 Å². The molecule has 74 valence electrons. The number of rotatable bonds is 3. The quantitative estimate of drug-likeness (QED) is 0.793. The molecule has 0 fully saturated rings. The van der Waals surface area contributed by atoms with Crippen molar-refractivity contribution in [3.05, 3.63) is 9.47 Å². The Morgan fingerprint density at radius 2 is 2.36 bits per heavy atom. The van der Waals surface area contributed by atoms with Crippen molar-refractivity contribution in [2.75, 3.05) is 5.73 Å². The van der Waals surface area contributed by atoms with Gasteiger partial charge in [0.25, 0.3) is 0 Å². The fourth-order valence-electron chi connectivity index (χ4n) is 0.740. The Morgan fingerprint density at radius 1 is 1.50 bits per heavy atom. The van der Waals surface area contributed by atoms with Gasteiger partial charge in [-0.3, -0.25) is 0 Å². The van der Waals surface area contributed by atoms with Gasteiger partial charge in [0.2, 0.25) is 15.6 Å².